The lowest BCUT2D eigenvalue weighted by Crippen LogP contribution is -1.92. The number of benzene rings is 2. The van der Waals surface area contributed by atoms with Gasteiger partial charge in [0.2, 0.25) is 0 Å². The summed E-state index contributed by atoms with van der Waals surface area (Å²) in [6.45, 7) is 2.12. The van der Waals surface area contributed by atoms with Gasteiger partial charge in [0.05, 0.1) is 16.5 Å². The van der Waals surface area contributed by atoms with Crippen LogP contribution in [0.3, 0.4) is 0 Å². The summed E-state index contributed by atoms with van der Waals surface area (Å²) in [6, 6.07) is 18.7. The zero-order chi connectivity index (χ0) is 20.0. The van der Waals surface area contributed by atoms with E-state index in [2.05, 4.69) is 29.0 Å². The van der Waals surface area contributed by atoms with Gasteiger partial charge in [0, 0.05) is 34.3 Å². The third-order valence-electron chi connectivity index (χ3n) is 5.44. The van der Waals surface area contributed by atoms with Gasteiger partial charge in [0.25, 0.3) is 0 Å². The van der Waals surface area contributed by atoms with Gasteiger partial charge in [-0.3, -0.25) is 9.19 Å². The molecule has 2 unspecified atom stereocenters. The van der Waals surface area contributed by atoms with Crippen LogP contribution in [0, 0.1) is 5.82 Å². The fraction of sp³-hybridized carbons (Fsp3) is 0.125. The first-order valence-corrected chi connectivity index (χ1v) is 10.8. The van der Waals surface area contributed by atoms with Crippen LogP contribution in [-0.4, -0.2) is 19.9 Å². The number of H-pyrrole nitrogens is 1. The summed E-state index contributed by atoms with van der Waals surface area (Å²) in [4.78, 5) is 8.59. The van der Waals surface area contributed by atoms with Gasteiger partial charge in [0.15, 0.2) is 0 Å². The third kappa shape index (κ3) is 3.21. The number of fused-ring (bicyclic) bond motifs is 1. The molecular weight excluding hydrogens is 383 g/mol. The van der Waals surface area contributed by atoms with Crippen molar-refractivity contribution < 1.29 is 8.60 Å². The zero-order valence-electron chi connectivity index (χ0n) is 15.9. The molecule has 2 aromatic heterocycles. The van der Waals surface area contributed by atoms with E-state index in [-0.39, 0.29) is 11.7 Å². The lowest BCUT2D eigenvalue weighted by atomic mass is 9.99. The Morgan fingerprint density at radius 1 is 0.966 bits per heavy atom. The smallest absolute Gasteiger partial charge is 0.123 e. The number of nitrogens with one attached hydrogen (secondary N) is 1. The molecule has 0 saturated heterocycles. The fourth-order valence-corrected chi connectivity index (χ4v) is 5.48. The molecule has 0 fully saturated rings. The van der Waals surface area contributed by atoms with Crippen LogP contribution in [0.2, 0.25) is 0 Å². The van der Waals surface area contributed by atoms with Gasteiger partial charge in [-0.25, -0.2) is 4.39 Å². The quantitative estimate of drug-likeness (QED) is 0.472. The predicted octanol–water partition coefficient (Wildman–Crippen LogP) is 5.77. The second-order valence-corrected chi connectivity index (χ2v) is 8.84. The highest BCUT2D eigenvalue weighted by molar-refractivity contribution is 7.85. The van der Waals surface area contributed by atoms with Crippen molar-refractivity contribution >= 4 is 10.8 Å². The van der Waals surface area contributed by atoms with Crippen molar-refractivity contribution in [3.8, 4) is 33.6 Å². The van der Waals surface area contributed by atoms with Gasteiger partial charge in [-0.15, -0.1) is 0 Å². The number of aromatic amines is 1. The monoisotopic (exact) mass is 402 g/mol. The van der Waals surface area contributed by atoms with Crippen molar-refractivity contribution in [3.63, 3.8) is 0 Å². The largest absolute Gasteiger partial charge is 0.354 e. The van der Waals surface area contributed by atoms with Gasteiger partial charge in [-0.2, -0.15) is 0 Å². The second kappa shape index (κ2) is 7.08. The molecule has 5 heteroatoms. The Morgan fingerprint density at radius 2 is 1.69 bits per heavy atom. The lowest BCUT2D eigenvalue weighted by molar-refractivity contribution is 0.628. The van der Waals surface area contributed by atoms with Crippen LogP contribution in [-0.2, 0) is 10.8 Å². The predicted molar refractivity (Wildman–Crippen MR) is 115 cm³/mol. The molecule has 2 atom stereocenters. The maximum absolute atomic E-state index is 13.4. The van der Waals surface area contributed by atoms with Crippen molar-refractivity contribution in [1.29, 1.82) is 0 Å². The van der Waals surface area contributed by atoms with Gasteiger partial charge in [-0.1, -0.05) is 13.0 Å². The van der Waals surface area contributed by atoms with E-state index in [1.54, 1.807) is 24.5 Å². The number of nitrogens with zero attached hydrogens (tertiary/aromatic N) is 1. The minimum atomic E-state index is -0.906. The van der Waals surface area contributed by atoms with Crippen molar-refractivity contribution in [2.75, 3.05) is 5.75 Å². The average molecular weight is 402 g/mol. The van der Waals surface area contributed by atoms with E-state index in [9.17, 15) is 8.60 Å². The van der Waals surface area contributed by atoms with E-state index >= 15 is 0 Å². The molecule has 1 aliphatic heterocycles. The molecule has 0 spiro atoms. The molecule has 4 aromatic rings. The minimum absolute atomic E-state index is 0.258. The summed E-state index contributed by atoms with van der Waals surface area (Å²) in [6.07, 6.45) is 3.53. The van der Waals surface area contributed by atoms with Crippen LogP contribution in [0.5, 0.6) is 0 Å². The third-order valence-corrected chi connectivity index (χ3v) is 7.11. The Labute approximate surface area is 171 Å². The van der Waals surface area contributed by atoms with Crippen LogP contribution in [0.15, 0.2) is 78.0 Å². The van der Waals surface area contributed by atoms with Crippen LogP contribution >= 0.6 is 0 Å². The van der Waals surface area contributed by atoms with E-state index < -0.39 is 10.8 Å². The Bertz CT molecular complexity index is 1220. The fourth-order valence-electron chi connectivity index (χ4n) is 3.93. The first-order valence-electron chi connectivity index (χ1n) is 9.52. The molecule has 0 saturated carbocycles. The normalized spacial score (nSPS) is 18.0. The zero-order valence-corrected chi connectivity index (χ0v) is 16.7. The van der Waals surface area contributed by atoms with Crippen molar-refractivity contribution in [1.82, 2.24) is 9.97 Å². The van der Waals surface area contributed by atoms with E-state index in [4.69, 9.17) is 0 Å². The molecule has 2 aromatic carbocycles. The summed E-state index contributed by atoms with van der Waals surface area (Å²) in [5.41, 5.74) is 7.11. The van der Waals surface area contributed by atoms with Crippen LogP contribution in [0.1, 0.15) is 18.4 Å². The molecule has 3 nitrogen and oxygen atoms in total. The summed E-state index contributed by atoms with van der Waals surface area (Å²) < 4.78 is 25.7. The Morgan fingerprint density at radius 3 is 2.45 bits per heavy atom. The minimum Gasteiger partial charge on any atom is -0.354 e. The Kier molecular flexibility index (Phi) is 4.40. The number of hydrogen-bond donors (Lipinski definition) is 1. The number of hydrogen-bond acceptors (Lipinski definition) is 2. The van der Waals surface area contributed by atoms with E-state index in [0.717, 1.165) is 44.1 Å². The van der Waals surface area contributed by atoms with Gasteiger partial charge in [0.1, 0.15) is 5.82 Å². The van der Waals surface area contributed by atoms with E-state index in [0.29, 0.717) is 5.75 Å². The van der Waals surface area contributed by atoms with Gasteiger partial charge < -0.3 is 4.98 Å². The lowest BCUT2D eigenvalue weighted by Gasteiger charge is -2.06. The summed E-state index contributed by atoms with van der Waals surface area (Å²) in [7, 11) is -0.906. The molecule has 0 bridgehead atoms. The maximum atomic E-state index is 13.4. The van der Waals surface area contributed by atoms with Crippen LogP contribution < -0.4 is 0 Å². The molecule has 1 aliphatic rings. The summed E-state index contributed by atoms with van der Waals surface area (Å²) in [5, 5.41) is 0. The molecule has 5 rings (SSSR count). The Balaban J connectivity index is 1.67. The van der Waals surface area contributed by atoms with Crippen LogP contribution in [0.4, 0.5) is 4.39 Å². The standard InChI is InChI=1S/C24H19FN2OS/c1-15-14-29(28)23-7-4-18(12-20(15)23)22-13-21(16-8-10-26-11-9-16)24(27-22)17-2-5-19(25)6-3-17/h2-13,15,27H,14H2,1H3. The molecule has 0 aliphatic carbocycles. The van der Waals surface area contributed by atoms with Crippen molar-refractivity contribution in [2.45, 2.75) is 17.7 Å². The Hall–Kier alpha value is -3.05. The second-order valence-electron chi connectivity index (χ2n) is 7.38. The molecule has 3 heterocycles. The van der Waals surface area contributed by atoms with E-state index in [1.165, 1.54) is 12.1 Å². The maximum Gasteiger partial charge on any atom is 0.123 e. The number of rotatable bonds is 3. The topological polar surface area (TPSA) is 45.8 Å². The van der Waals surface area contributed by atoms with Gasteiger partial charge in [-0.05, 0) is 82.8 Å². The number of pyridine rings is 1. The molecule has 0 amide bonds. The van der Waals surface area contributed by atoms with Crippen molar-refractivity contribution in [3.05, 3.63) is 84.4 Å². The molecule has 144 valence electrons. The molecule has 29 heavy (non-hydrogen) atoms. The van der Waals surface area contributed by atoms with Gasteiger partial charge >= 0.3 is 0 Å². The number of aromatic nitrogens is 2. The SMILES string of the molecule is CC1CS(=O)c2ccc(-c3cc(-c4ccncc4)c(-c4ccc(F)cc4)[nH]3)cc21. The highest BCUT2D eigenvalue weighted by Gasteiger charge is 2.25. The van der Waals surface area contributed by atoms with Crippen molar-refractivity contribution in [2.24, 2.45) is 0 Å². The molecule has 0 radical (unpaired) electrons. The summed E-state index contributed by atoms with van der Waals surface area (Å²) >= 11 is 0. The first-order chi connectivity index (χ1) is 14.1. The number of halogens is 1. The average Bonchev–Trinajstić information content (AvgIpc) is 3.31. The molecule has 1 N–H and O–H groups in total. The van der Waals surface area contributed by atoms with E-state index in [1.807, 2.05) is 24.3 Å². The summed E-state index contributed by atoms with van der Waals surface area (Å²) in [5.74, 6) is 0.718. The van der Waals surface area contributed by atoms with Crippen LogP contribution in [0.25, 0.3) is 33.6 Å². The highest BCUT2D eigenvalue weighted by Crippen LogP contribution is 2.39. The highest BCUT2D eigenvalue weighted by atomic mass is 32.2. The first kappa shape index (κ1) is 18.0. The molecular formula is C24H19FN2OS.